The Kier molecular flexibility index (Phi) is 3.93. The van der Waals surface area contributed by atoms with Crippen LogP contribution in [0.4, 0.5) is 10.1 Å². The summed E-state index contributed by atoms with van der Waals surface area (Å²) in [5, 5.41) is 8.99. The van der Waals surface area contributed by atoms with Gasteiger partial charge in [-0.15, -0.1) is 0 Å². The molecule has 5 heteroatoms. The van der Waals surface area contributed by atoms with Crippen LogP contribution in [0.25, 0.3) is 0 Å². The quantitative estimate of drug-likeness (QED) is 0.735. The predicted molar refractivity (Wildman–Crippen MR) is 69.0 cm³/mol. The van der Waals surface area contributed by atoms with Gasteiger partial charge in [-0.05, 0) is 25.5 Å². The first kappa shape index (κ1) is 13.0. The zero-order valence-electron chi connectivity index (χ0n) is 10.6. The van der Waals surface area contributed by atoms with Gasteiger partial charge < -0.3 is 16.0 Å². The molecule has 0 aliphatic carbocycles. The number of rotatable bonds is 2. The topological polar surface area (TPSA) is 53.2 Å². The number of anilines is 1. The van der Waals surface area contributed by atoms with Crippen LogP contribution in [0.1, 0.15) is 12.5 Å². The maximum atomic E-state index is 13.6. The van der Waals surface area contributed by atoms with Crippen molar-refractivity contribution in [3.63, 3.8) is 0 Å². The lowest BCUT2D eigenvalue weighted by molar-refractivity contribution is -0.118. The summed E-state index contributed by atoms with van der Waals surface area (Å²) in [4.78, 5) is 12.0. The molecule has 1 saturated heterocycles. The van der Waals surface area contributed by atoms with Crippen molar-refractivity contribution in [3.05, 3.63) is 29.6 Å². The number of hydrogen-bond donors (Lipinski definition) is 3. The van der Waals surface area contributed by atoms with Crippen molar-refractivity contribution in [2.45, 2.75) is 25.9 Å². The van der Waals surface area contributed by atoms with E-state index >= 15 is 0 Å². The number of para-hydroxylation sites is 1. The Morgan fingerprint density at radius 3 is 2.78 bits per heavy atom. The van der Waals surface area contributed by atoms with Crippen molar-refractivity contribution < 1.29 is 9.18 Å². The molecule has 1 amide bonds. The fourth-order valence-electron chi connectivity index (χ4n) is 1.97. The highest BCUT2D eigenvalue weighted by Gasteiger charge is 2.24. The second kappa shape index (κ2) is 5.46. The highest BCUT2D eigenvalue weighted by molar-refractivity contribution is 5.95. The molecule has 2 rings (SSSR count). The zero-order chi connectivity index (χ0) is 13.1. The molecule has 0 aromatic heterocycles. The van der Waals surface area contributed by atoms with E-state index in [1.54, 1.807) is 19.1 Å². The lowest BCUT2D eigenvalue weighted by atomic mass is 10.1. The minimum absolute atomic E-state index is 0.206. The molecule has 3 N–H and O–H groups in total. The van der Waals surface area contributed by atoms with Crippen molar-refractivity contribution in [1.29, 1.82) is 0 Å². The smallest absolute Gasteiger partial charge is 0.242 e. The van der Waals surface area contributed by atoms with E-state index < -0.39 is 5.82 Å². The Morgan fingerprint density at radius 1 is 1.39 bits per heavy atom. The molecule has 1 heterocycles. The number of nitrogens with one attached hydrogen (secondary N) is 3. The number of piperazine rings is 1. The number of amides is 1. The fourth-order valence-corrected chi connectivity index (χ4v) is 1.97. The van der Waals surface area contributed by atoms with Crippen LogP contribution in [-0.4, -0.2) is 31.1 Å². The van der Waals surface area contributed by atoms with E-state index in [9.17, 15) is 9.18 Å². The van der Waals surface area contributed by atoms with Crippen molar-refractivity contribution in [2.24, 2.45) is 0 Å². The highest BCUT2D eigenvalue weighted by Crippen LogP contribution is 2.18. The lowest BCUT2D eigenvalue weighted by Gasteiger charge is -2.28. The molecule has 0 saturated carbocycles. The van der Waals surface area contributed by atoms with E-state index in [2.05, 4.69) is 16.0 Å². The normalized spacial score (nSPS) is 23.7. The molecule has 1 aromatic carbocycles. The molecule has 0 bridgehead atoms. The Bertz CT molecular complexity index is 422. The standard InChI is InChI=1S/C13H18FN3O/c1-8-4-3-5-10(14)12(8)17-13(18)11-7-15-9(2)6-16-11/h3-5,9,11,15-16H,6-7H2,1-2H3,(H,17,18). The molecule has 4 nitrogen and oxygen atoms in total. The average molecular weight is 251 g/mol. The van der Waals surface area contributed by atoms with Crippen molar-refractivity contribution >= 4 is 11.6 Å². The first-order chi connectivity index (χ1) is 8.58. The van der Waals surface area contributed by atoms with E-state index in [4.69, 9.17) is 0 Å². The van der Waals surface area contributed by atoms with Gasteiger partial charge in [0.25, 0.3) is 0 Å². The maximum Gasteiger partial charge on any atom is 0.242 e. The third-order valence-corrected chi connectivity index (χ3v) is 3.13. The molecular formula is C13H18FN3O. The fraction of sp³-hybridized carbons (Fsp3) is 0.462. The van der Waals surface area contributed by atoms with Gasteiger partial charge in [-0.1, -0.05) is 12.1 Å². The van der Waals surface area contributed by atoms with E-state index in [0.29, 0.717) is 12.6 Å². The van der Waals surface area contributed by atoms with Crippen LogP contribution in [0.3, 0.4) is 0 Å². The van der Waals surface area contributed by atoms with Gasteiger partial charge in [-0.25, -0.2) is 4.39 Å². The van der Waals surface area contributed by atoms with Gasteiger partial charge >= 0.3 is 0 Å². The minimum Gasteiger partial charge on any atom is -0.322 e. The molecule has 2 atom stereocenters. The minimum atomic E-state index is -0.402. The van der Waals surface area contributed by atoms with Crippen molar-refractivity contribution in [2.75, 3.05) is 18.4 Å². The van der Waals surface area contributed by atoms with E-state index in [1.165, 1.54) is 6.07 Å². The SMILES string of the molecule is Cc1cccc(F)c1NC(=O)C1CNC(C)CN1. The van der Waals surface area contributed by atoms with Crippen LogP contribution in [0, 0.1) is 12.7 Å². The summed E-state index contributed by atoms with van der Waals surface area (Å²) in [6, 6.07) is 4.77. The third kappa shape index (κ3) is 2.86. The maximum absolute atomic E-state index is 13.6. The summed E-state index contributed by atoms with van der Waals surface area (Å²) < 4.78 is 13.6. The number of aryl methyl sites for hydroxylation is 1. The summed E-state index contributed by atoms with van der Waals surface area (Å²) in [6.07, 6.45) is 0. The molecule has 1 aliphatic heterocycles. The van der Waals surface area contributed by atoms with Gasteiger partial charge in [-0.3, -0.25) is 4.79 Å². The van der Waals surface area contributed by atoms with Gasteiger partial charge in [0.1, 0.15) is 5.82 Å². The monoisotopic (exact) mass is 251 g/mol. The zero-order valence-corrected chi connectivity index (χ0v) is 10.6. The lowest BCUT2D eigenvalue weighted by Crippen LogP contribution is -2.57. The molecule has 0 spiro atoms. The van der Waals surface area contributed by atoms with Gasteiger partial charge in [0.15, 0.2) is 0 Å². The molecule has 18 heavy (non-hydrogen) atoms. The van der Waals surface area contributed by atoms with E-state index in [-0.39, 0.29) is 17.6 Å². The Morgan fingerprint density at radius 2 is 2.17 bits per heavy atom. The summed E-state index contributed by atoms with van der Waals surface area (Å²) >= 11 is 0. The first-order valence-corrected chi connectivity index (χ1v) is 6.10. The highest BCUT2D eigenvalue weighted by atomic mass is 19.1. The molecule has 1 aromatic rings. The Balaban J connectivity index is 2.03. The van der Waals surface area contributed by atoms with Crippen LogP contribution >= 0.6 is 0 Å². The number of benzene rings is 1. The summed E-state index contributed by atoms with van der Waals surface area (Å²) in [5.74, 6) is -0.608. The largest absolute Gasteiger partial charge is 0.322 e. The Hall–Kier alpha value is -1.46. The predicted octanol–water partition coefficient (Wildman–Crippen LogP) is 1.02. The van der Waals surface area contributed by atoms with E-state index in [0.717, 1.165) is 12.1 Å². The van der Waals surface area contributed by atoms with Crippen LogP contribution in [0.2, 0.25) is 0 Å². The van der Waals surface area contributed by atoms with Gasteiger partial charge in [0.05, 0.1) is 11.7 Å². The summed E-state index contributed by atoms with van der Waals surface area (Å²) in [7, 11) is 0. The summed E-state index contributed by atoms with van der Waals surface area (Å²) in [5.41, 5.74) is 0.989. The second-order valence-corrected chi connectivity index (χ2v) is 4.69. The molecule has 1 fully saturated rings. The average Bonchev–Trinajstić information content (AvgIpc) is 2.34. The van der Waals surface area contributed by atoms with E-state index in [1.807, 2.05) is 6.92 Å². The number of halogens is 1. The van der Waals surface area contributed by atoms with Crippen LogP contribution in [-0.2, 0) is 4.79 Å². The van der Waals surface area contributed by atoms with Crippen molar-refractivity contribution in [3.8, 4) is 0 Å². The van der Waals surface area contributed by atoms with Crippen molar-refractivity contribution in [1.82, 2.24) is 10.6 Å². The third-order valence-electron chi connectivity index (χ3n) is 3.13. The molecule has 1 aliphatic rings. The molecule has 98 valence electrons. The molecule has 2 unspecified atom stereocenters. The molecule has 0 radical (unpaired) electrons. The van der Waals surface area contributed by atoms with Crippen LogP contribution < -0.4 is 16.0 Å². The van der Waals surface area contributed by atoms with Crippen LogP contribution in [0.5, 0.6) is 0 Å². The summed E-state index contributed by atoms with van der Waals surface area (Å²) in [6.45, 7) is 5.10. The van der Waals surface area contributed by atoms with Gasteiger partial charge in [-0.2, -0.15) is 0 Å². The number of hydrogen-bond acceptors (Lipinski definition) is 3. The van der Waals surface area contributed by atoms with Crippen LogP contribution in [0.15, 0.2) is 18.2 Å². The second-order valence-electron chi connectivity index (χ2n) is 4.69. The molecular weight excluding hydrogens is 233 g/mol. The number of carbonyl (C=O) groups is 1. The van der Waals surface area contributed by atoms with Gasteiger partial charge in [0.2, 0.25) is 5.91 Å². The number of carbonyl (C=O) groups excluding carboxylic acids is 1. The first-order valence-electron chi connectivity index (χ1n) is 6.10. The Labute approximate surface area is 106 Å². The van der Waals surface area contributed by atoms with Gasteiger partial charge in [0, 0.05) is 19.1 Å².